The highest BCUT2D eigenvalue weighted by atomic mass is 16.6. The van der Waals surface area contributed by atoms with Gasteiger partial charge in [0, 0.05) is 20.0 Å². The first-order chi connectivity index (χ1) is 28.4. The summed E-state index contributed by atoms with van der Waals surface area (Å²) >= 11 is 0. The summed E-state index contributed by atoms with van der Waals surface area (Å²) < 4.78 is 11.3. The number of esters is 2. The van der Waals surface area contributed by atoms with E-state index in [9.17, 15) is 19.7 Å². The minimum Gasteiger partial charge on any atom is -0.466 e. The Morgan fingerprint density at radius 2 is 0.983 bits per heavy atom. The molecule has 0 amide bonds. The van der Waals surface area contributed by atoms with Gasteiger partial charge < -0.3 is 25.0 Å². The Morgan fingerprint density at radius 1 is 0.569 bits per heavy atom. The summed E-state index contributed by atoms with van der Waals surface area (Å²) in [6.45, 7) is 11.5. The molecular formula is C48H94N4O6. The van der Waals surface area contributed by atoms with E-state index in [0.717, 1.165) is 135 Å². The van der Waals surface area contributed by atoms with Crippen LogP contribution in [0.3, 0.4) is 0 Å². The van der Waals surface area contributed by atoms with Gasteiger partial charge in [-0.2, -0.15) is 0 Å². The number of nitrogens with one attached hydrogen (secondary N) is 2. The molecule has 0 atom stereocenters. The van der Waals surface area contributed by atoms with Gasteiger partial charge in [-0.3, -0.25) is 19.7 Å². The number of rotatable bonds is 46. The van der Waals surface area contributed by atoms with Crippen LogP contribution < -0.4 is 10.6 Å². The van der Waals surface area contributed by atoms with Crippen molar-refractivity contribution in [1.29, 1.82) is 0 Å². The molecule has 0 aliphatic rings. The molecule has 58 heavy (non-hydrogen) atoms. The van der Waals surface area contributed by atoms with Gasteiger partial charge in [0.1, 0.15) is 0 Å². The summed E-state index contributed by atoms with van der Waals surface area (Å²) in [5.41, 5.74) is 0. The van der Waals surface area contributed by atoms with Crippen LogP contribution in [0.2, 0.25) is 0 Å². The lowest BCUT2D eigenvalue weighted by Crippen LogP contribution is -2.31. The highest BCUT2D eigenvalue weighted by molar-refractivity contribution is 5.72. The average Bonchev–Trinajstić information content (AvgIpc) is 3.21. The summed E-state index contributed by atoms with van der Waals surface area (Å²) in [7, 11) is 1.68. The van der Waals surface area contributed by atoms with Crippen molar-refractivity contribution in [2.45, 2.75) is 233 Å². The number of unbranched alkanes of at least 4 members (excludes halogenated alkanes) is 24. The third-order valence-electron chi connectivity index (χ3n) is 11.3. The number of hydrogen-bond acceptors (Lipinski definition) is 9. The van der Waals surface area contributed by atoms with Crippen LogP contribution in [0.15, 0.2) is 12.0 Å². The van der Waals surface area contributed by atoms with Crippen molar-refractivity contribution < 1.29 is 24.0 Å². The maximum absolute atomic E-state index is 13.1. The molecule has 0 spiro atoms. The van der Waals surface area contributed by atoms with Crippen LogP contribution in [0.5, 0.6) is 0 Å². The summed E-state index contributed by atoms with van der Waals surface area (Å²) in [4.78, 5) is 38.2. The van der Waals surface area contributed by atoms with E-state index in [1.807, 2.05) is 0 Å². The first kappa shape index (κ1) is 55.6. The average molecular weight is 823 g/mol. The molecular weight excluding hydrogens is 729 g/mol. The fourth-order valence-electron chi connectivity index (χ4n) is 7.60. The topological polar surface area (TPSA) is 123 Å². The SMILES string of the molecule is CCCCCCCCCOC(=O)CCCCCCCN(CCCCCCCOC(=O)C(CCCCCCCC)CCCCCCCC)CCCNC(=C[N+](=O)[O-])NC. The van der Waals surface area contributed by atoms with E-state index in [1.165, 1.54) is 96.3 Å². The van der Waals surface area contributed by atoms with Crippen molar-refractivity contribution in [2.24, 2.45) is 5.92 Å². The number of carbonyl (C=O) groups excluding carboxylic acids is 2. The van der Waals surface area contributed by atoms with Crippen LogP contribution >= 0.6 is 0 Å². The van der Waals surface area contributed by atoms with Gasteiger partial charge in [0.15, 0.2) is 5.82 Å². The Bertz CT molecular complexity index is 948. The maximum atomic E-state index is 13.1. The minimum absolute atomic E-state index is 0.0412. The van der Waals surface area contributed by atoms with Gasteiger partial charge in [0.25, 0.3) is 6.20 Å². The molecule has 0 unspecified atom stereocenters. The lowest BCUT2D eigenvalue weighted by atomic mass is 9.94. The summed E-state index contributed by atoms with van der Waals surface area (Å²) in [5, 5.41) is 16.9. The van der Waals surface area contributed by atoms with E-state index in [4.69, 9.17) is 9.47 Å². The van der Waals surface area contributed by atoms with Crippen LogP contribution in [0.25, 0.3) is 0 Å². The Balaban J connectivity index is 4.47. The Hall–Kier alpha value is -2.36. The molecule has 0 bridgehead atoms. The molecule has 0 rings (SSSR count). The second-order valence-electron chi connectivity index (χ2n) is 16.8. The van der Waals surface area contributed by atoms with Gasteiger partial charge in [0.05, 0.1) is 24.1 Å². The summed E-state index contributed by atoms with van der Waals surface area (Å²) in [6.07, 6.45) is 38.8. The summed E-state index contributed by atoms with van der Waals surface area (Å²) in [5.74, 6) is 0.489. The molecule has 2 N–H and O–H groups in total. The van der Waals surface area contributed by atoms with E-state index < -0.39 is 4.92 Å². The Labute approximate surface area is 357 Å². The molecule has 0 saturated heterocycles. The quantitative estimate of drug-likeness (QED) is 0.0267. The molecule has 0 aromatic carbocycles. The monoisotopic (exact) mass is 823 g/mol. The highest BCUT2D eigenvalue weighted by Gasteiger charge is 2.19. The van der Waals surface area contributed by atoms with Crippen molar-refractivity contribution in [3.05, 3.63) is 22.1 Å². The number of nitro groups is 1. The van der Waals surface area contributed by atoms with E-state index in [1.54, 1.807) is 7.05 Å². The summed E-state index contributed by atoms with van der Waals surface area (Å²) in [6, 6.07) is 0. The number of nitrogens with zero attached hydrogens (tertiary/aromatic N) is 2. The molecule has 0 saturated carbocycles. The zero-order valence-corrected chi connectivity index (χ0v) is 38.6. The molecule has 0 fully saturated rings. The van der Waals surface area contributed by atoms with E-state index in [2.05, 4.69) is 36.3 Å². The van der Waals surface area contributed by atoms with Gasteiger partial charge in [-0.05, 0) is 71.0 Å². The van der Waals surface area contributed by atoms with Crippen molar-refractivity contribution in [3.63, 3.8) is 0 Å². The van der Waals surface area contributed by atoms with Crippen molar-refractivity contribution >= 4 is 11.9 Å². The standard InChI is InChI=1S/C48H94N4O6/c1-5-8-11-14-17-25-32-42-57-47(53)37-29-22-18-23-30-39-51(41-34-38-50-46(49-4)44-52(55)56)40-31-24-19-26-33-43-58-48(54)45(35-27-20-15-12-9-6-2)36-28-21-16-13-10-7-3/h44-45,49-50H,5-43H2,1-4H3. The first-order valence-corrected chi connectivity index (χ1v) is 24.7. The third-order valence-corrected chi connectivity index (χ3v) is 11.3. The molecule has 10 heteroatoms. The number of ether oxygens (including phenoxy) is 2. The molecule has 0 aromatic rings. The van der Waals surface area contributed by atoms with Crippen LogP contribution in [0, 0.1) is 16.0 Å². The van der Waals surface area contributed by atoms with Crippen molar-refractivity contribution in [3.8, 4) is 0 Å². The third kappa shape index (κ3) is 39.1. The largest absolute Gasteiger partial charge is 0.466 e. The molecule has 0 radical (unpaired) electrons. The first-order valence-electron chi connectivity index (χ1n) is 24.7. The fraction of sp³-hybridized carbons (Fsp3) is 0.917. The normalized spacial score (nSPS) is 11.7. The molecule has 342 valence electrons. The van der Waals surface area contributed by atoms with E-state index in [-0.39, 0.29) is 17.9 Å². The van der Waals surface area contributed by atoms with Crippen LogP contribution in [-0.4, -0.2) is 68.2 Å². The molecule has 10 nitrogen and oxygen atoms in total. The highest BCUT2D eigenvalue weighted by Crippen LogP contribution is 2.21. The van der Waals surface area contributed by atoms with Gasteiger partial charge >= 0.3 is 11.9 Å². The Morgan fingerprint density at radius 3 is 1.47 bits per heavy atom. The lowest BCUT2D eigenvalue weighted by molar-refractivity contribution is -0.404. The van der Waals surface area contributed by atoms with Gasteiger partial charge in [-0.15, -0.1) is 0 Å². The lowest BCUT2D eigenvalue weighted by Gasteiger charge is -2.22. The van der Waals surface area contributed by atoms with Gasteiger partial charge in [-0.25, -0.2) is 0 Å². The van der Waals surface area contributed by atoms with Crippen LogP contribution in [-0.2, 0) is 19.1 Å². The van der Waals surface area contributed by atoms with Crippen molar-refractivity contribution in [1.82, 2.24) is 15.5 Å². The predicted molar refractivity (Wildman–Crippen MR) is 243 cm³/mol. The van der Waals surface area contributed by atoms with E-state index >= 15 is 0 Å². The zero-order chi connectivity index (χ0) is 42.6. The fourth-order valence-corrected chi connectivity index (χ4v) is 7.60. The van der Waals surface area contributed by atoms with E-state index in [0.29, 0.717) is 32.0 Å². The number of hydrogen-bond donors (Lipinski definition) is 2. The number of carbonyl (C=O) groups is 2. The smallest absolute Gasteiger partial charge is 0.308 e. The van der Waals surface area contributed by atoms with Crippen molar-refractivity contribution in [2.75, 3.05) is 46.4 Å². The van der Waals surface area contributed by atoms with Crippen LogP contribution in [0.4, 0.5) is 0 Å². The van der Waals surface area contributed by atoms with Crippen LogP contribution in [0.1, 0.15) is 233 Å². The Kier molecular flexibility index (Phi) is 42.4. The molecule has 0 heterocycles. The molecule has 0 aliphatic carbocycles. The maximum Gasteiger partial charge on any atom is 0.308 e. The van der Waals surface area contributed by atoms with Gasteiger partial charge in [0.2, 0.25) is 0 Å². The zero-order valence-electron chi connectivity index (χ0n) is 38.6. The molecule has 0 aliphatic heterocycles. The molecule has 0 aromatic heterocycles. The second-order valence-corrected chi connectivity index (χ2v) is 16.8. The minimum atomic E-state index is -0.444. The second kappa shape index (κ2) is 44.2. The predicted octanol–water partition coefficient (Wildman–Crippen LogP) is 12.8. The van der Waals surface area contributed by atoms with Gasteiger partial charge in [-0.1, -0.05) is 175 Å².